The van der Waals surface area contributed by atoms with Crippen molar-refractivity contribution in [3.05, 3.63) is 51.7 Å². The van der Waals surface area contributed by atoms with Gasteiger partial charge in [-0.05, 0) is 35.6 Å². The van der Waals surface area contributed by atoms with Crippen molar-refractivity contribution in [3.63, 3.8) is 0 Å². The minimum atomic E-state index is -1.09. The van der Waals surface area contributed by atoms with Gasteiger partial charge in [0.05, 0.1) is 5.56 Å². The second-order valence-corrected chi connectivity index (χ2v) is 5.45. The summed E-state index contributed by atoms with van der Waals surface area (Å²) in [7, 11) is 0. The molecule has 0 bridgehead atoms. The van der Waals surface area contributed by atoms with E-state index in [1.54, 1.807) is 24.4 Å². The number of thiophene rings is 1. The Balaban J connectivity index is 2.09. The fourth-order valence-electron chi connectivity index (χ4n) is 1.90. The van der Waals surface area contributed by atoms with Gasteiger partial charge in [0.1, 0.15) is 11.8 Å². The number of aryl methyl sites for hydroxylation is 1. The average Bonchev–Trinajstić information content (AvgIpc) is 2.86. The number of aliphatic carboxylic acids is 1. The molecule has 1 atom stereocenters. The van der Waals surface area contributed by atoms with Crippen molar-refractivity contribution in [2.45, 2.75) is 19.4 Å². The minimum Gasteiger partial charge on any atom is -0.508 e. The van der Waals surface area contributed by atoms with Gasteiger partial charge in [-0.3, -0.25) is 4.79 Å². The number of hydrogen-bond donors (Lipinski definition) is 3. The largest absolute Gasteiger partial charge is 0.508 e. The summed E-state index contributed by atoms with van der Waals surface area (Å²) in [5.74, 6) is -1.37. The van der Waals surface area contributed by atoms with Crippen LogP contribution in [-0.4, -0.2) is 28.1 Å². The Bertz CT molecular complexity index is 648. The molecule has 2 aromatic rings. The average molecular weight is 305 g/mol. The normalized spacial score (nSPS) is 11.9. The first-order valence-corrected chi connectivity index (χ1v) is 7.26. The number of carboxylic acids is 1. The summed E-state index contributed by atoms with van der Waals surface area (Å²) < 4.78 is 0. The van der Waals surface area contributed by atoms with Crippen LogP contribution in [0.2, 0.25) is 0 Å². The Morgan fingerprint density at radius 3 is 2.43 bits per heavy atom. The van der Waals surface area contributed by atoms with Gasteiger partial charge < -0.3 is 15.5 Å². The second kappa shape index (κ2) is 6.41. The number of aromatic hydroxyl groups is 1. The molecule has 0 spiro atoms. The Morgan fingerprint density at radius 1 is 1.24 bits per heavy atom. The summed E-state index contributed by atoms with van der Waals surface area (Å²) >= 11 is 1.40. The molecule has 1 aromatic heterocycles. The van der Waals surface area contributed by atoms with Crippen LogP contribution in [-0.2, 0) is 11.2 Å². The van der Waals surface area contributed by atoms with Crippen LogP contribution in [0, 0.1) is 6.92 Å². The quantitative estimate of drug-likeness (QED) is 0.790. The first kappa shape index (κ1) is 15.1. The van der Waals surface area contributed by atoms with Crippen molar-refractivity contribution in [1.29, 1.82) is 0 Å². The van der Waals surface area contributed by atoms with Crippen molar-refractivity contribution in [2.24, 2.45) is 0 Å². The highest BCUT2D eigenvalue weighted by molar-refractivity contribution is 7.08. The molecule has 110 valence electrons. The Kier molecular flexibility index (Phi) is 4.59. The van der Waals surface area contributed by atoms with Gasteiger partial charge in [0.15, 0.2) is 0 Å². The van der Waals surface area contributed by atoms with Crippen LogP contribution in [0.4, 0.5) is 0 Å². The lowest BCUT2D eigenvalue weighted by molar-refractivity contribution is -0.139. The van der Waals surface area contributed by atoms with Crippen LogP contribution in [0.15, 0.2) is 35.0 Å². The number of hydrogen-bond acceptors (Lipinski definition) is 4. The molecule has 0 aliphatic carbocycles. The zero-order valence-corrected chi connectivity index (χ0v) is 12.2. The molecule has 2 rings (SSSR count). The van der Waals surface area contributed by atoms with E-state index < -0.39 is 12.0 Å². The van der Waals surface area contributed by atoms with Gasteiger partial charge in [-0.15, -0.1) is 0 Å². The molecule has 0 fully saturated rings. The molecule has 0 aliphatic heterocycles. The van der Waals surface area contributed by atoms with Gasteiger partial charge in [0.2, 0.25) is 0 Å². The third-order valence-electron chi connectivity index (χ3n) is 3.08. The second-order valence-electron chi connectivity index (χ2n) is 4.70. The number of phenols is 1. The zero-order chi connectivity index (χ0) is 15.4. The Hall–Kier alpha value is -2.34. The molecule has 0 aliphatic rings. The SMILES string of the molecule is Cc1cscc1C(=O)NC(Cc1ccc(O)cc1)C(=O)O. The number of phenolic OH excluding ortho intramolecular Hbond substituents is 1. The first-order chi connectivity index (χ1) is 9.97. The molecule has 1 heterocycles. The number of carbonyl (C=O) groups is 2. The number of amides is 1. The molecule has 0 saturated carbocycles. The Morgan fingerprint density at radius 2 is 1.90 bits per heavy atom. The van der Waals surface area contributed by atoms with Crippen LogP contribution in [0.1, 0.15) is 21.5 Å². The van der Waals surface area contributed by atoms with Gasteiger partial charge in [-0.1, -0.05) is 12.1 Å². The maximum Gasteiger partial charge on any atom is 0.326 e. The van der Waals surface area contributed by atoms with Crippen LogP contribution < -0.4 is 5.32 Å². The fourth-order valence-corrected chi connectivity index (χ4v) is 2.73. The molecular formula is C15H15NO4S. The number of nitrogens with one attached hydrogen (secondary N) is 1. The number of rotatable bonds is 5. The van der Waals surface area contributed by atoms with E-state index in [1.165, 1.54) is 23.5 Å². The number of carbonyl (C=O) groups excluding carboxylic acids is 1. The van der Waals surface area contributed by atoms with E-state index in [2.05, 4.69) is 5.32 Å². The number of benzene rings is 1. The smallest absolute Gasteiger partial charge is 0.326 e. The molecule has 1 unspecified atom stereocenters. The third-order valence-corrected chi connectivity index (χ3v) is 3.94. The van der Waals surface area contributed by atoms with E-state index in [4.69, 9.17) is 0 Å². The van der Waals surface area contributed by atoms with Gasteiger partial charge >= 0.3 is 5.97 Å². The summed E-state index contributed by atoms with van der Waals surface area (Å²) in [5, 5.41) is 24.5. The summed E-state index contributed by atoms with van der Waals surface area (Å²) in [4.78, 5) is 23.4. The van der Waals surface area contributed by atoms with Crippen molar-refractivity contribution >= 4 is 23.2 Å². The van der Waals surface area contributed by atoms with E-state index in [9.17, 15) is 19.8 Å². The van der Waals surface area contributed by atoms with E-state index in [-0.39, 0.29) is 18.1 Å². The maximum atomic E-state index is 12.1. The highest BCUT2D eigenvalue weighted by Crippen LogP contribution is 2.15. The zero-order valence-electron chi connectivity index (χ0n) is 11.4. The lowest BCUT2D eigenvalue weighted by Gasteiger charge is -2.14. The highest BCUT2D eigenvalue weighted by atomic mass is 32.1. The topological polar surface area (TPSA) is 86.6 Å². The van der Waals surface area contributed by atoms with Crippen molar-refractivity contribution in [1.82, 2.24) is 5.32 Å². The summed E-state index contributed by atoms with van der Waals surface area (Å²) in [6.07, 6.45) is 0.157. The standard InChI is InChI=1S/C15H15NO4S/c1-9-7-21-8-12(9)14(18)16-13(15(19)20)6-10-2-4-11(17)5-3-10/h2-5,7-8,13,17H,6H2,1H3,(H,16,18)(H,19,20). The lowest BCUT2D eigenvalue weighted by atomic mass is 10.1. The monoisotopic (exact) mass is 305 g/mol. The van der Waals surface area contributed by atoms with Gasteiger partial charge in [0, 0.05) is 11.8 Å². The van der Waals surface area contributed by atoms with Crippen LogP contribution in [0.25, 0.3) is 0 Å². The van der Waals surface area contributed by atoms with Gasteiger partial charge in [-0.2, -0.15) is 11.3 Å². The number of carboxylic acid groups (broad SMARTS) is 1. The van der Waals surface area contributed by atoms with E-state index >= 15 is 0 Å². The summed E-state index contributed by atoms with van der Waals surface area (Å²) in [6, 6.07) is 5.22. The third kappa shape index (κ3) is 3.82. The maximum absolute atomic E-state index is 12.1. The molecule has 1 aromatic carbocycles. The van der Waals surface area contributed by atoms with Crippen molar-refractivity contribution in [2.75, 3.05) is 0 Å². The van der Waals surface area contributed by atoms with Crippen LogP contribution >= 0.6 is 11.3 Å². The molecule has 0 radical (unpaired) electrons. The van der Waals surface area contributed by atoms with E-state index in [0.29, 0.717) is 5.56 Å². The molecule has 1 amide bonds. The molecule has 5 nitrogen and oxygen atoms in total. The van der Waals surface area contributed by atoms with Crippen LogP contribution in [0.5, 0.6) is 5.75 Å². The van der Waals surface area contributed by atoms with Gasteiger partial charge in [-0.25, -0.2) is 4.79 Å². The van der Waals surface area contributed by atoms with E-state index in [1.807, 2.05) is 5.38 Å². The van der Waals surface area contributed by atoms with Crippen molar-refractivity contribution < 1.29 is 19.8 Å². The minimum absolute atomic E-state index is 0.114. The molecule has 0 saturated heterocycles. The van der Waals surface area contributed by atoms with Crippen LogP contribution in [0.3, 0.4) is 0 Å². The van der Waals surface area contributed by atoms with E-state index in [0.717, 1.165) is 11.1 Å². The summed E-state index contributed by atoms with van der Waals surface area (Å²) in [5.41, 5.74) is 2.05. The highest BCUT2D eigenvalue weighted by Gasteiger charge is 2.22. The predicted octanol–water partition coefficient (Wildman–Crippen LogP) is 2.19. The lowest BCUT2D eigenvalue weighted by Crippen LogP contribution is -2.42. The molecule has 21 heavy (non-hydrogen) atoms. The molecule has 3 N–H and O–H groups in total. The van der Waals surface area contributed by atoms with Gasteiger partial charge in [0.25, 0.3) is 5.91 Å². The van der Waals surface area contributed by atoms with Crippen molar-refractivity contribution in [3.8, 4) is 5.75 Å². The molecular weight excluding hydrogens is 290 g/mol. The first-order valence-electron chi connectivity index (χ1n) is 6.31. The molecule has 6 heteroatoms. The Labute approximate surface area is 125 Å². The summed E-state index contributed by atoms with van der Waals surface area (Å²) in [6.45, 7) is 1.81. The predicted molar refractivity (Wildman–Crippen MR) is 79.8 cm³/mol. The fraction of sp³-hybridized carbons (Fsp3) is 0.200.